The molecule has 0 aliphatic heterocycles. The maximum atomic E-state index is 9.47. The van der Waals surface area contributed by atoms with E-state index in [9.17, 15) is 9.59 Å². The molecule has 27 heavy (non-hydrogen) atoms. The number of rotatable bonds is 2. The van der Waals surface area contributed by atoms with E-state index in [0.717, 1.165) is 12.2 Å². The van der Waals surface area contributed by atoms with Crippen LogP contribution in [0.4, 0.5) is 0 Å². The third-order valence-electron chi connectivity index (χ3n) is 0.402. The summed E-state index contributed by atoms with van der Waals surface area (Å²) in [4.78, 5) is 18.9. The van der Waals surface area contributed by atoms with Gasteiger partial charge in [0.25, 0.3) is 0 Å². The normalized spacial score (nSPS) is 8.81. The summed E-state index contributed by atoms with van der Waals surface area (Å²) in [5.41, 5.74) is 9.07. The molecule has 21 heteroatoms. The summed E-state index contributed by atoms with van der Waals surface area (Å²) in [7, 11) is -15.5. The Bertz CT molecular complexity index is 601. The Kier molecular flexibility index (Phi) is 38.6. The minimum absolute atomic E-state index is 0. The van der Waals surface area contributed by atoms with Gasteiger partial charge in [0, 0.05) is 31.2 Å². The van der Waals surface area contributed by atoms with E-state index in [0.29, 0.717) is 0 Å². The van der Waals surface area contributed by atoms with Crippen LogP contribution in [-0.2, 0) is 40.8 Å². The SMILES string of the molecule is C=CC(N)=O.C=CC(N)=O.O=S(=O)([O-])[O-].O=S(=O)([O-])[O-].O=S(=O)([O-])[O-].[Al+3].[Al+3]. The van der Waals surface area contributed by atoms with Crippen molar-refractivity contribution >= 4 is 77.7 Å². The Hall–Kier alpha value is -0.905. The zero-order valence-electron chi connectivity index (χ0n) is 12.8. The number of carbonyl (C=O) groups excluding carboxylic acids is 2. The molecule has 0 spiro atoms. The summed E-state index contributed by atoms with van der Waals surface area (Å²) in [6.07, 6.45) is 2.11. The minimum atomic E-state index is -5.17. The molecule has 2 amide bonds. The third kappa shape index (κ3) is 1400. The fourth-order valence-electron chi connectivity index (χ4n) is 0. The standard InChI is InChI=1S/2C3H5NO.2Al.3H2O4S/c2*1-2-3(4)5;;;3*1-5(2,3)4/h2*2H,1H2,(H2,4,5);;;3*(H2,1,2,3,4)/q;;2*+3;;;/p-6. The molecule has 0 rings (SSSR count). The average molecular weight is 484 g/mol. The molecule has 0 aromatic rings. The molecule has 0 heterocycles. The van der Waals surface area contributed by atoms with Gasteiger partial charge < -0.3 is 38.8 Å². The van der Waals surface area contributed by atoms with Crippen molar-refractivity contribution in [2.24, 2.45) is 11.5 Å². The van der Waals surface area contributed by atoms with Crippen LogP contribution in [0.25, 0.3) is 0 Å². The van der Waals surface area contributed by atoms with Crippen molar-refractivity contribution in [1.82, 2.24) is 0 Å². The van der Waals surface area contributed by atoms with Crippen LogP contribution >= 0.6 is 0 Å². The van der Waals surface area contributed by atoms with Crippen molar-refractivity contribution in [2.45, 2.75) is 0 Å². The molecule has 0 aromatic carbocycles. The van der Waals surface area contributed by atoms with Crippen LogP contribution in [0.15, 0.2) is 25.3 Å². The first-order valence-corrected chi connectivity index (χ1v) is 8.38. The van der Waals surface area contributed by atoms with Gasteiger partial charge in [0.2, 0.25) is 11.8 Å². The van der Waals surface area contributed by atoms with Crippen LogP contribution < -0.4 is 11.5 Å². The molecule has 0 atom stereocenters. The maximum Gasteiger partial charge on any atom is 3.00 e. The molecular weight excluding hydrogens is 474 g/mol. The first-order valence-electron chi connectivity index (χ1n) is 4.38. The van der Waals surface area contributed by atoms with Gasteiger partial charge in [-0.2, -0.15) is 0 Å². The number of carbonyl (C=O) groups is 2. The number of amides is 2. The van der Waals surface area contributed by atoms with Gasteiger partial charge in [-0.1, -0.05) is 13.2 Å². The van der Waals surface area contributed by atoms with Crippen LogP contribution in [-0.4, -0.2) is 99.1 Å². The molecule has 0 bridgehead atoms. The Morgan fingerprint density at radius 3 is 0.630 bits per heavy atom. The Morgan fingerprint density at radius 2 is 0.630 bits per heavy atom. The van der Waals surface area contributed by atoms with E-state index in [4.69, 9.17) is 52.6 Å². The van der Waals surface area contributed by atoms with Gasteiger partial charge in [0.05, 0.1) is 0 Å². The summed E-state index contributed by atoms with van der Waals surface area (Å²) in [5.74, 6) is -0.963. The summed E-state index contributed by atoms with van der Waals surface area (Å²) >= 11 is 0. The summed E-state index contributed by atoms with van der Waals surface area (Å²) < 4.78 is 102. The van der Waals surface area contributed by atoms with Crippen LogP contribution in [0.2, 0.25) is 0 Å². The number of primary amides is 2. The van der Waals surface area contributed by atoms with Crippen molar-refractivity contribution in [3.8, 4) is 0 Å². The van der Waals surface area contributed by atoms with Crippen molar-refractivity contribution in [2.75, 3.05) is 0 Å². The molecule has 0 aromatic heterocycles. The van der Waals surface area contributed by atoms with Crippen molar-refractivity contribution in [1.29, 1.82) is 0 Å². The molecule has 4 N–H and O–H groups in total. The Labute approximate surface area is 176 Å². The van der Waals surface area contributed by atoms with E-state index in [1.807, 2.05) is 0 Å². The molecule has 0 fully saturated rings. The van der Waals surface area contributed by atoms with E-state index >= 15 is 0 Å². The predicted molar refractivity (Wildman–Crippen MR) is 81.7 cm³/mol. The van der Waals surface area contributed by atoms with E-state index in [1.165, 1.54) is 0 Å². The largest absolute Gasteiger partial charge is 3.00 e. The third-order valence-corrected chi connectivity index (χ3v) is 0.402. The topological polar surface area (TPSA) is 327 Å². The van der Waals surface area contributed by atoms with Gasteiger partial charge >= 0.3 is 34.7 Å². The van der Waals surface area contributed by atoms with Crippen molar-refractivity contribution in [3.63, 3.8) is 0 Å². The predicted octanol–water partition coefficient (Wildman–Crippen LogP) is -5.46. The molecule has 0 saturated carbocycles. The van der Waals surface area contributed by atoms with E-state index < -0.39 is 43.0 Å². The fraction of sp³-hybridized carbons (Fsp3) is 0. The number of hydrogen-bond acceptors (Lipinski definition) is 14. The van der Waals surface area contributed by atoms with E-state index in [1.54, 1.807) is 0 Å². The van der Waals surface area contributed by atoms with Crippen molar-refractivity contribution in [3.05, 3.63) is 25.3 Å². The maximum absolute atomic E-state index is 9.47. The van der Waals surface area contributed by atoms with Gasteiger partial charge in [-0.3, -0.25) is 34.8 Å². The minimum Gasteiger partial charge on any atom is -0.759 e. The smallest absolute Gasteiger partial charge is 0.759 e. The molecule has 152 valence electrons. The summed E-state index contributed by atoms with van der Waals surface area (Å²) in [6.45, 7) is 6.17. The summed E-state index contributed by atoms with van der Waals surface area (Å²) in [6, 6.07) is 0. The van der Waals surface area contributed by atoms with Crippen LogP contribution in [0.1, 0.15) is 0 Å². The number of nitrogens with two attached hydrogens (primary N) is 2. The van der Waals surface area contributed by atoms with Gasteiger partial charge in [0.1, 0.15) is 0 Å². The zero-order chi connectivity index (χ0) is 22.1. The van der Waals surface area contributed by atoms with Gasteiger partial charge in [-0.15, -0.1) is 0 Å². The molecule has 0 saturated heterocycles. The van der Waals surface area contributed by atoms with Gasteiger partial charge in [-0.05, 0) is 12.2 Å². The van der Waals surface area contributed by atoms with E-state index in [-0.39, 0.29) is 34.7 Å². The average Bonchev–Trinajstić information content (AvgIpc) is 2.22. The molecule has 0 aliphatic carbocycles. The molecule has 0 aliphatic rings. The second-order valence-electron chi connectivity index (χ2n) is 2.44. The van der Waals surface area contributed by atoms with Gasteiger partial charge in [-0.25, -0.2) is 0 Å². The second kappa shape index (κ2) is 23.1. The zero-order valence-corrected chi connectivity index (χ0v) is 17.6. The first kappa shape index (κ1) is 45.1. The van der Waals surface area contributed by atoms with E-state index in [2.05, 4.69) is 24.6 Å². The first-order chi connectivity index (χ1) is 10.5. The Morgan fingerprint density at radius 1 is 0.593 bits per heavy atom. The fourth-order valence-corrected chi connectivity index (χ4v) is 0. The van der Waals surface area contributed by atoms with Gasteiger partial charge in [0.15, 0.2) is 0 Å². The van der Waals surface area contributed by atoms with Crippen molar-refractivity contribution < 1.29 is 62.2 Å². The van der Waals surface area contributed by atoms with Crippen LogP contribution in [0.5, 0.6) is 0 Å². The van der Waals surface area contributed by atoms with Crippen LogP contribution in [0, 0.1) is 0 Å². The van der Waals surface area contributed by atoms with Crippen LogP contribution in [0.3, 0.4) is 0 Å². The molecule has 0 unspecified atom stereocenters. The molecule has 16 nitrogen and oxygen atoms in total. The monoisotopic (exact) mass is 484 g/mol. The molecular formula is C6H10Al2N2O14S3. The quantitative estimate of drug-likeness (QED) is 0.160. The second-order valence-corrected chi connectivity index (χ2v) is 4.89. The Balaban J connectivity index is -0.0000000364. The number of hydrogen-bond donors (Lipinski definition) is 2. The summed E-state index contributed by atoms with van der Waals surface area (Å²) in [5, 5.41) is 0. The molecule has 0 radical (unpaired) electrons.